The van der Waals surface area contributed by atoms with E-state index in [0.29, 0.717) is 13.0 Å². The SMILES string of the molecule is CC(O)(c1ccccc1)C([NH2+]CCC(=O)c1ccccc1)c1ccccc1.[Cl-]. The van der Waals surface area contributed by atoms with Gasteiger partial charge in [-0.3, -0.25) is 4.79 Å². The van der Waals surface area contributed by atoms with Crippen molar-refractivity contribution in [3.8, 4) is 0 Å². The molecule has 3 aromatic carbocycles. The van der Waals surface area contributed by atoms with Crippen LogP contribution in [0.1, 0.15) is 40.9 Å². The topological polar surface area (TPSA) is 53.9 Å². The predicted molar refractivity (Wildman–Crippen MR) is 107 cm³/mol. The molecular formula is C24H26ClNO2. The summed E-state index contributed by atoms with van der Waals surface area (Å²) in [6.45, 7) is 2.45. The molecule has 0 aromatic heterocycles. The van der Waals surface area contributed by atoms with Crippen LogP contribution >= 0.6 is 0 Å². The third-order valence-electron chi connectivity index (χ3n) is 4.99. The molecule has 3 N–H and O–H groups in total. The van der Waals surface area contributed by atoms with Crippen molar-refractivity contribution in [2.75, 3.05) is 6.54 Å². The maximum atomic E-state index is 12.4. The standard InChI is InChI=1S/C24H25NO2.ClH/c1-24(27,21-15-9-4-10-16-21)23(20-13-7-3-8-14-20)25-18-17-22(26)19-11-5-2-6-12-19;/h2-16,23,25,27H,17-18H2,1H3;1H. The van der Waals surface area contributed by atoms with Crippen LogP contribution in [0, 0.1) is 0 Å². The number of Topliss-reactive ketones (excluding diaryl/α,β-unsaturated/α-hetero) is 1. The maximum Gasteiger partial charge on any atom is 0.168 e. The number of nitrogens with two attached hydrogens (primary N) is 1. The molecule has 2 unspecified atom stereocenters. The molecule has 0 fully saturated rings. The molecule has 3 aromatic rings. The van der Waals surface area contributed by atoms with Crippen LogP contribution in [0.25, 0.3) is 0 Å². The number of ketones is 1. The Balaban J connectivity index is 0.00000280. The average Bonchev–Trinajstić information content (AvgIpc) is 2.73. The first-order valence-electron chi connectivity index (χ1n) is 9.33. The zero-order valence-corrected chi connectivity index (χ0v) is 16.7. The molecule has 0 saturated carbocycles. The molecule has 0 spiro atoms. The van der Waals surface area contributed by atoms with Crippen LogP contribution in [0.3, 0.4) is 0 Å². The van der Waals surface area contributed by atoms with E-state index in [2.05, 4.69) is 5.32 Å². The van der Waals surface area contributed by atoms with Gasteiger partial charge in [0.15, 0.2) is 5.78 Å². The molecule has 0 aliphatic heterocycles. The molecule has 4 heteroatoms. The molecule has 3 nitrogen and oxygen atoms in total. The number of rotatable bonds is 8. The van der Waals surface area contributed by atoms with Gasteiger partial charge in [0.2, 0.25) is 0 Å². The summed E-state index contributed by atoms with van der Waals surface area (Å²) in [7, 11) is 0. The highest BCUT2D eigenvalue weighted by atomic mass is 35.5. The lowest BCUT2D eigenvalue weighted by Gasteiger charge is -2.31. The van der Waals surface area contributed by atoms with Crippen LogP contribution in [0.2, 0.25) is 0 Å². The lowest BCUT2D eigenvalue weighted by molar-refractivity contribution is -0.711. The quantitative estimate of drug-likeness (QED) is 0.545. The Kier molecular flexibility index (Phi) is 7.94. The van der Waals surface area contributed by atoms with Crippen LogP contribution in [0.5, 0.6) is 0 Å². The van der Waals surface area contributed by atoms with Crippen LogP contribution in [-0.4, -0.2) is 17.4 Å². The van der Waals surface area contributed by atoms with Crippen molar-refractivity contribution in [2.24, 2.45) is 0 Å². The fourth-order valence-electron chi connectivity index (χ4n) is 3.46. The number of hydrogen-bond donors (Lipinski definition) is 2. The van der Waals surface area contributed by atoms with Crippen LogP contribution in [0.15, 0.2) is 91.0 Å². The van der Waals surface area contributed by atoms with Crippen LogP contribution < -0.4 is 17.7 Å². The summed E-state index contributed by atoms with van der Waals surface area (Å²) in [5.41, 5.74) is 1.58. The first kappa shape index (κ1) is 21.8. The van der Waals surface area contributed by atoms with E-state index in [1.165, 1.54) is 0 Å². The molecule has 146 valence electrons. The summed E-state index contributed by atoms with van der Waals surface area (Å²) in [6.07, 6.45) is 0.429. The van der Waals surface area contributed by atoms with Crippen molar-refractivity contribution < 1.29 is 27.6 Å². The largest absolute Gasteiger partial charge is 1.00 e. The number of benzene rings is 3. The second-order valence-corrected chi connectivity index (χ2v) is 6.97. The third-order valence-corrected chi connectivity index (χ3v) is 4.99. The molecule has 3 rings (SSSR count). The van der Waals surface area contributed by atoms with Crippen molar-refractivity contribution in [3.05, 3.63) is 108 Å². The van der Waals surface area contributed by atoms with Gasteiger partial charge in [-0.05, 0) is 12.5 Å². The van der Waals surface area contributed by atoms with Gasteiger partial charge in [-0.25, -0.2) is 0 Å². The Morgan fingerprint density at radius 3 is 1.96 bits per heavy atom. The van der Waals surface area contributed by atoms with Gasteiger partial charge < -0.3 is 22.8 Å². The molecule has 0 heterocycles. The number of carbonyl (C=O) groups excluding carboxylic acids is 1. The molecule has 0 aliphatic rings. The number of quaternary nitrogens is 1. The van der Waals surface area contributed by atoms with E-state index in [1.54, 1.807) is 0 Å². The van der Waals surface area contributed by atoms with Gasteiger partial charge in [0.25, 0.3) is 0 Å². The van der Waals surface area contributed by atoms with Gasteiger partial charge in [0.05, 0.1) is 13.0 Å². The van der Waals surface area contributed by atoms with Crippen molar-refractivity contribution >= 4 is 5.78 Å². The number of carbonyl (C=O) groups is 1. The van der Waals surface area contributed by atoms with Gasteiger partial charge in [-0.2, -0.15) is 0 Å². The van der Waals surface area contributed by atoms with E-state index < -0.39 is 5.60 Å². The lowest BCUT2D eigenvalue weighted by Crippen LogP contribution is -3.00. The van der Waals surface area contributed by atoms with Crippen molar-refractivity contribution in [3.63, 3.8) is 0 Å². The number of hydrogen-bond acceptors (Lipinski definition) is 2. The molecule has 0 bridgehead atoms. The first-order valence-corrected chi connectivity index (χ1v) is 9.33. The molecule has 0 aliphatic carbocycles. The average molecular weight is 396 g/mol. The van der Waals surface area contributed by atoms with E-state index >= 15 is 0 Å². The minimum Gasteiger partial charge on any atom is -1.00 e. The van der Waals surface area contributed by atoms with Crippen molar-refractivity contribution in [1.82, 2.24) is 0 Å². The second kappa shape index (κ2) is 10.2. The second-order valence-electron chi connectivity index (χ2n) is 6.97. The summed E-state index contributed by atoms with van der Waals surface area (Å²) in [5, 5.41) is 13.4. The van der Waals surface area contributed by atoms with E-state index in [-0.39, 0.29) is 24.2 Å². The Morgan fingerprint density at radius 1 is 0.893 bits per heavy atom. The van der Waals surface area contributed by atoms with E-state index in [4.69, 9.17) is 0 Å². The smallest absolute Gasteiger partial charge is 0.168 e. The minimum absolute atomic E-state index is 0. The minimum atomic E-state index is -1.06. The zero-order chi connectivity index (χ0) is 19.1. The summed E-state index contributed by atoms with van der Waals surface area (Å²) >= 11 is 0. The lowest BCUT2D eigenvalue weighted by atomic mass is 9.84. The predicted octanol–water partition coefficient (Wildman–Crippen LogP) is 0.476. The van der Waals surface area contributed by atoms with Crippen molar-refractivity contribution in [2.45, 2.75) is 25.0 Å². The zero-order valence-electron chi connectivity index (χ0n) is 16.0. The fourth-order valence-corrected chi connectivity index (χ4v) is 3.46. The Morgan fingerprint density at radius 2 is 1.39 bits per heavy atom. The Hall–Kier alpha value is -2.46. The van der Waals surface area contributed by atoms with Gasteiger partial charge in [-0.15, -0.1) is 0 Å². The molecule has 28 heavy (non-hydrogen) atoms. The number of halogens is 1. The summed E-state index contributed by atoms with van der Waals surface area (Å²) in [4.78, 5) is 12.4. The summed E-state index contributed by atoms with van der Waals surface area (Å²) in [5.74, 6) is 0.123. The highest BCUT2D eigenvalue weighted by Crippen LogP contribution is 2.32. The highest BCUT2D eigenvalue weighted by molar-refractivity contribution is 5.95. The number of aliphatic hydroxyl groups is 1. The van der Waals surface area contributed by atoms with E-state index in [0.717, 1.165) is 16.7 Å². The van der Waals surface area contributed by atoms with Crippen LogP contribution in [-0.2, 0) is 5.60 Å². The Bertz CT molecular complexity index is 852. The highest BCUT2D eigenvalue weighted by Gasteiger charge is 2.37. The van der Waals surface area contributed by atoms with Gasteiger partial charge >= 0.3 is 0 Å². The van der Waals surface area contributed by atoms with Gasteiger partial charge in [-0.1, -0.05) is 91.0 Å². The van der Waals surface area contributed by atoms with E-state index in [1.807, 2.05) is 97.9 Å². The third kappa shape index (κ3) is 5.29. The summed E-state index contributed by atoms with van der Waals surface area (Å²) in [6, 6.07) is 28.8. The molecule has 0 amide bonds. The Labute approximate surface area is 172 Å². The molecular weight excluding hydrogens is 370 g/mol. The normalized spacial score (nSPS) is 13.8. The van der Waals surface area contributed by atoms with Crippen molar-refractivity contribution in [1.29, 1.82) is 0 Å². The fraction of sp³-hybridized carbons (Fsp3) is 0.208. The van der Waals surface area contributed by atoms with E-state index in [9.17, 15) is 9.90 Å². The van der Waals surface area contributed by atoms with Gasteiger partial charge in [0.1, 0.15) is 11.6 Å². The molecule has 0 radical (unpaired) electrons. The monoisotopic (exact) mass is 395 g/mol. The molecule has 0 saturated heterocycles. The first-order chi connectivity index (χ1) is 13.1. The van der Waals surface area contributed by atoms with Crippen LogP contribution in [0.4, 0.5) is 0 Å². The maximum absolute atomic E-state index is 12.4. The molecule has 2 atom stereocenters. The van der Waals surface area contributed by atoms with Gasteiger partial charge in [0, 0.05) is 11.1 Å². The summed E-state index contributed by atoms with van der Waals surface area (Å²) < 4.78 is 0.